The predicted octanol–water partition coefficient (Wildman–Crippen LogP) is 2.15. The van der Waals surface area contributed by atoms with Gasteiger partial charge in [0.05, 0.1) is 18.9 Å². The van der Waals surface area contributed by atoms with Gasteiger partial charge in [0.15, 0.2) is 0 Å². The third-order valence-electron chi connectivity index (χ3n) is 3.76. The van der Waals surface area contributed by atoms with Gasteiger partial charge in [0, 0.05) is 43.3 Å². The molecule has 0 radical (unpaired) electrons. The molecule has 1 aromatic carbocycles. The van der Waals surface area contributed by atoms with Gasteiger partial charge in [-0.15, -0.1) is 0 Å². The third kappa shape index (κ3) is 3.20. The van der Waals surface area contributed by atoms with Gasteiger partial charge < -0.3 is 10.5 Å². The Morgan fingerprint density at radius 1 is 1.29 bits per heavy atom. The number of benzene rings is 1. The molecule has 0 amide bonds. The van der Waals surface area contributed by atoms with Crippen LogP contribution in [0.5, 0.6) is 0 Å². The molecule has 2 aromatic rings. The molecule has 21 heavy (non-hydrogen) atoms. The van der Waals surface area contributed by atoms with Crippen molar-refractivity contribution in [3.8, 4) is 11.3 Å². The van der Waals surface area contributed by atoms with Crippen molar-refractivity contribution < 1.29 is 4.74 Å². The Hall–Kier alpha value is -1.56. The molecule has 1 aliphatic rings. The number of morpholine rings is 1. The lowest BCUT2D eigenvalue weighted by Crippen LogP contribution is -2.35. The molecule has 1 saturated heterocycles. The molecule has 2 heterocycles. The minimum absolute atomic E-state index is 0.638. The number of nitrogens with zero attached hydrogens (tertiary/aromatic N) is 3. The summed E-state index contributed by atoms with van der Waals surface area (Å²) in [5, 5.41) is 5.14. The molecule has 2 N–H and O–H groups in total. The van der Waals surface area contributed by atoms with Gasteiger partial charge in [-0.1, -0.05) is 23.7 Å². The van der Waals surface area contributed by atoms with Gasteiger partial charge >= 0.3 is 0 Å². The third-order valence-corrected chi connectivity index (χ3v) is 4.11. The predicted molar refractivity (Wildman–Crippen MR) is 84.2 cm³/mol. The highest BCUT2D eigenvalue weighted by molar-refractivity contribution is 6.31. The molecule has 0 bridgehead atoms. The second kappa shape index (κ2) is 6.05. The van der Waals surface area contributed by atoms with Gasteiger partial charge in [-0.3, -0.25) is 9.58 Å². The molecule has 3 rings (SSSR count). The zero-order chi connectivity index (χ0) is 14.8. The highest BCUT2D eigenvalue weighted by Crippen LogP contribution is 2.26. The molecule has 1 aliphatic heterocycles. The first-order valence-corrected chi connectivity index (χ1v) is 7.40. The van der Waals surface area contributed by atoms with E-state index in [1.165, 1.54) is 0 Å². The van der Waals surface area contributed by atoms with E-state index in [1.54, 1.807) is 4.68 Å². The molecule has 112 valence electrons. The second-order valence-corrected chi connectivity index (χ2v) is 5.68. The SMILES string of the molecule is Cn1nc(-c2ccc(CN3CCOCC3)c(Cl)c2)cc1N. The maximum absolute atomic E-state index is 6.42. The zero-order valence-corrected chi connectivity index (χ0v) is 12.8. The Kier molecular flexibility index (Phi) is 4.14. The van der Waals surface area contributed by atoms with Crippen LogP contribution >= 0.6 is 11.6 Å². The first-order chi connectivity index (χ1) is 10.1. The molecular formula is C15H19ClN4O. The molecule has 6 heteroatoms. The summed E-state index contributed by atoms with van der Waals surface area (Å²) in [6.07, 6.45) is 0. The fourth-order valence-corrected chi connectivity index (χ4v) is 2.70. The van der Waals surface area contributed by atoms with E-state index < -0.39 is 0 Å². The molecule has 1 aromatic heterocycles. The Bertz CT molecular complexity index is 615. The van der Waals surface area contributed by atoms with E-state index in [9.17, 15) is 0 Å². The topological polar surface area (TPSA) is 56.3 Å². The van der Waals surface area contributed by atoms with Crippen LogP contribution in [0, 0.1) is 0 Å². The maximum Gasteiger partial charge on any atom is 0.121 e. The van der Waals surface area contributed by atoms with Crippen LogP contribution in [0.25, 0.3) is 11.3 Å². The van der Waals surface area contributed by atoms with E-state index in [0.717, 1.165) is 54.7 Å². The molecule has 1 fully saturated rings. The van der Waals surface area contributed by atoms with Gasteiger partial charge in [0.25, 0.3) is 0 Å². The van der Waals surface area contributed by atoms with Crippen LogP contribution in [0.1, 0.15) is 5.56 Å². The standard InChI is InChI=1S/C15H19ClN4O/c1-19-15(17)9-14(18-19)11-2-3-12(13(16)8-11)10-20-4-6-21-7-5-20/h2-3,8-9H,4-7,10,17H2,1H3. The average molecular weight is 307 g/mol. The summed E-state index contributed by atoms with van der Waals surface area (Å²) in [6.45, 7) is 4.35. The van der Waals surface area contributed by atoms with E-state index in [1.807, 2.05) is 25.2 Å². The van der Waals surface area contributed by atoms with Crippen molar-refractivity contribution in [2.45, 2.75) is 6.54 Å². The Balaban J connectivity index is 1.79. The van der Waals surface area contributed by atoms with Crippen molar-refractivity contribution in [1.29, 1.82) is 0 Å². The Morgan fingerprint density at radius 2 is 2.05 bits per heavy atom. The van der Waals surface area contributed by atoms with Crippen LogP contribution in [0.3, 0.4) is 0 Å². The summed E-state index contributed by atoms with van der Waals surface area (Å²) in [5.41, 5.74) is 8.78. The number of nitrogen functional groups attached to an aromatic ring is 1. The number of rotatable bonds is 3. The minimum atomic E-state index is 0.638. The Labute approximate surface area is 129 Å². The van der Waals surface area contributed by atoms with Gasteiger partial charge in [0.2, 0.25) is 0 Å². The van der Waals surface area contributed by atoms with Crippen molar-refractivity contribution in [2.75, 3.05) is 32.0 Å². The number of hydrogen-bond acceptors (Lipinski definition) is 4. The lowest BCUT2D eigenvalue weighted by Gasteiger charge is -2.26. The van der Waals surface area contributed by atoms with E-state index >= 15 is 0 Å². The van der Waals surface area contributed by atoms with Gasteiger partial charge in [-0.2, -0.15) is 5.10 Å². The largest absolute Gasteiger partial charge is 0.384 e. The van der Waals surface area contributed by atoms with Gasteiger partial charge in [0.1, 0.15) is 5.82 Å². The van der Waals surface area contributed by atoms with Gasteiger partial charge in [-0.05, 0) is 11.6 Å². The van der Waals surface area contributed by atoms with Crippen LogP contribution in [0.4, 0.5) is 5.82 Å². The monoisotopic (exact) mass is 306 g/mol. The van der Waals surface area contributed by atoms with Crippen LogP contribution in [0.15, 0.2) is 24.3 Å². The quantitative estimate of drug-likeness (QED) is 0.944. The van der Waals surface area contributed by atoms with Crippen molar-refractivity contribution in [1.82, 2.24) is 14.7 Å². The highest BCUT2D eigenvalue weighted by atomic mass is 35.5. The molecule has 0 aliphatic carbocycles. The fraction of sp³-hybridized carbons (Fsp3) is 0.400. The lowest BCUT2D eigenvalue weighted by molar-refractivity contribution is 0.0342. The molecule has 0 atom stereocenters. The second-order valence-electron chi connectivity index (χ2n) is 5.27. The first-order valence-electron chi connectivity index (χ1n) is 7.02. The summed E-state index contributed by atoms with van der Waals surface area (Å²) in [7, 11) is 1.83. The van der Waals surface area contributed by atoms with Crippen molar-refractivity contribution in [3.05, 3.63) is 34.9 Å². The van der Waals surface area contributed by atoms with Crippen LogP contribution < -0.4 is 5.73 Å². The van der Waals surface area contributed by atoms with Crippen LogP contribution in [0.2, 0.25) is 5.02 Å². The number of halogens is 1. The average Bonchev–Trinajstić information content (AvgIpc) is 2.82. The number of nitrogens with two attached hydrogens (primary N) is 1. The number of hydrogen-bond donors (Lipinski definition) is 1. The number of aromatic nitrogens is 2. The lowest BCUT2D eigenvalue weighted by atomic mass is 10.1. The molecule has 0 unspecified atom stereocenters. The number of anilines is 1. The van der Waals surface area contributed by atoms with Crippen molar-refractivity contribution in [2.24, 2.45) is 7.05 Å². The summed E-state index contributed by atoms with van der Waals surface area (Å²) >= 11 is 6.42. The van der Waals surface area contributed by atoms with Gasteiger partial charge in [-0.25, -0.2) is 0 Å². The first kappa shape index (κ1) is 14.4. The van der Waals surface area contributed by atoms with E-state index in [-0.39, 0.29) is 0 Å². The van der Waals surface area contributed by atoms with E-state index in [4.69, 9.17) is 22.1 Å². The number of aryl methyl sites for hydroxylation is 1. The van der Waals surface area contributed by atoms with Crippen LogP contribution in [-0.2, 0) is 18.3 Å². The van der Waals surface area contributed by atoms with E-state index in [0.29, 0.717) is 5.82 Å². The molecule has 0 spiro atoms. The highest BCUT2D eigenvalue weighted by Gasteiger charge is 2.13. The summed E-state index contributed by atoms with van der Waals surface area (Å²) in [6, 6.07) is 7.92. The smallest absolute Gasteiger partial charge is 0.121 e. The zero-order valence-electron chi connectivity index (χ0n) is 12.1. The minimum Gasteiger partial charge on any atom is -0.384 e. The molecule has 0 saturated carbocycles. The molecular weight excluding hydrogens is 288 g/mol. The van der Waals surface area contributed by atoms with Crippen molar-refractivity contribution >= 4 is 17.4 Å². The Morgan fingerprint density at radius 3 is 2.67 bits per heavy atom. The summed E-state index contributed by atoms with van der Waals surface area (Å²) in [4.78, 5) is 2.35. The van der Waals surface area contributed by atoms with E-state index in [2.05, 4.69) is 16.1 Å². The summed E-state index contributed by atoms with van der Waals surface area (Å²) < 4.78 is 7.02. The summed E-state index contributed by atoms with van der Waals surface area (Å²) in [5.74, 6) is 0.638. The molecule has 5 nitrogen and oxygen atoms in total. The number of ether oxygens (including phenoxy) is 1. The van der Waals surface area contributed by atoms with Crippen molar-refractivity contribution in [3.63, 3.8) is 0 Å². The fourth-order valence-electron chi connectivity index (χ4n) is 2.46. The normalized spacial score (nSPS) is 16.3. The maximum atomic E-state index is 6.42. The van der Waals surface area contributed by atoms with Crippen LogP contribution in [-0.4, -0.2) is 41.0 Å².